The predicted molar refractivity (Wildman–Crippen MR) is 107 cm³/mol. The Kier molecular flexibility index (Phi) is 5.62. The van der Waals surface area contributed by atoms with Crippen LogP contribution in [0.15, 0.2) is 54.6 Å². The highest BCUT2D eigenvalue weighted by molar-refractivity contribution is 5.90. The van der Waals surface area contributed by atoms with E-state index in [1.807, 2.05) is 24.3 Å². The molecule has 0 aliphatic carbocycles. The van der Waals surface area contributed by atoms with Crippen LogP contribution < -0.4 is 10.6 Å². The van der Waals surface area contributed by atoms with Gasteiger partial charge in [-0.15, -0.1) is 0 Å². The first-order valence-corrected chi connectivity index (χ1v) is 9.39. The number of likely N-dealkylation sites (tertiary alicyclic amines) is 1. The smallest absolute Gasteiger partial charge is 0.319 e. The predicted octanol–water partition coefficient (Wildman–Crippen LogP) is 4.60. The number of para-hydroxylation sites is 1. The standard InChI is InChI=1S/C22H29N3O/c1-17(2)19-11-7-8-12-20(19)23-21(26)24-22(3)13-14-25(16-22)15-18-9-5-4-6-10-18/h4-12,17H,13-16H2,1-3H3,(H2,23,24,26). The Labute approximate surface area is 156 Å². The zero-order valence-electron chi connectivity index (χ0n) is 16.0. The molecule has 2 N–H and O–H groups in total. The SMILES string of the molecule is CC(C)c1ccccc1NC(=O)NC1(C)CCN(Cc2ccccc2)C1. The first-order chi connectivity index (χ1) is 12.5. The minimum Gasteiger partial charge on any atom is -0.331 e. The van der Waals surface area contributed by atoms with Crippen molar-refractivity contribution in [2.75, 3.05) is 18.4 Å². The van der Waals surface area contributed by atoms with Crippen molar-refractivity contribution in [3.8, 4) is 0 Å². The topological polar surface area (TPSA) is 44.4 Å². The van der Waals surface area contributed by atoms with Crippen molar-refractivity contribution in [2.24, 2.45) is 0 Å². The van der Waals surface area contributed by atoms with Crippen molar-refractivity contribution in [3.63, 3.8) is 0 Å². The van der Waals surface area contributed by atoms with Crippen LogP contribution in [0, 0.1) is 0 Å². The summed E-state index contributed by atoms with van der Waals surface area (Å²) >= 11 is 0. The van der Waals surface area contributed by atoms with Crippen LogP contribution in [0.1, 0.15) is 44.2 Å². The van der Waals surface area contributed by atoms with E-state index in [-0.39, 0.29) is 11.6 Å². The molecule has 1 saturated heterocycles. The second-order valence-electron chi connectivity index (χ2n) is 7.83. The molecule has 1 fully saturated rings. The van der Waals surface area contributed by atoms with E-state index in [0.717, 1.165) is 37.3 Å². The van der Waals surface area contributed by atoms with Crippen LogP contribution in [0.2, 0.25) is 0 Å². The van der Waals surface area contributed by atoms with Gasteiger partial charge in [0.2, 0.25) is 0 Å². The lowest BCUT2D eigenvalue weighted by Crippen LogP contribution is -2.49. The summed E-state index contributed by atoms with van der Waals surface area (Å²) < 4.78 is 0. The highest BCUT2D eigenvalue weighted by atomic mass is 16.2. The average Bonchev–Trinajstić information content (AvgIpc) is 2.96. The van der Waals surface area contributed by atoms with Crippen LogP contribution in [0.3, 0.4) is 0 Å². The highest BCUT2D eigenvalue weighted by Gasteiger charge is 2.35. The van der Waals surface area contributed by atoms with E-state index >= 15 is 0 Å². The number of benzene rings is 2. The molecule has 26 heavy (non-hydrogen) atoms. The number of hydrogen-bond acceptors (Lipinski definition) is 2. The molecule has 1 aliphatic rings. The minimum atomic E-state index is -0.203. The van der Waals surface area contributed by atoms with Gasteiger partial charge in [-0.05, 0) is 36.5 Å². The fourth-order valence-corrected chi connectivity index (χ4v) is 3.68. The second-order valence-corrected chi connectivity index (χ2v) is 7.83. The molecule has 3 rings (SSSR count). The van der Waals surface area contributed by atoms with Crippen molar-refractivity contribution in [1.29, 1.82) is 0 Å². The van der Waals surface area contributed by atoms with Crippen LogP contribution in [-0.2, 0) is 6.54 Å². The molecule has 4 nitrogen and oxygen atoms in total. The average molecular weight is 351 g/mol. The van der Waals surface area contributed by atoms with Crippen molar-refractivity contribution in [3.05, 3.63) is 65.7 Å². The lowest BCUT2D eigenvalue weighted by Gasteiger charge is -2.27. The summed E-state index contributed by atoms with van der Waals surface area (Å²) in [6, 6.07) is 18.4. The maximum absolute atomic E-state index is 12.6. The van der Waals surface area contributed by atoms with E-state index in [1.165, 1.54) is 5.56 Å². The molecule has 1 heterocycles. The number of anilines is 1. The van der Waals surface area contributed by atoms with Gasteiger partial charge in [-0.2, -0.15) is 0 Å². The van der Waals surface area contributed by atoms with Crippen molar-refractivity contribution >= 4 is 11.7 Å². The molecule has 2 amide bonds. The molecule has 2 aromatic rings. The van der Waals surface area contributed by atoms with Gasteiger partial charge in [0, 0.05) is 25.3 Å². The maximum Gasteiger partial charge on any atom is 0.319 e. The van der Waals surface area contributed by atoms with Gasteiger partial charge in [-0.3, -0.25) is 4.90 Å². The molecule has 2 aromatic carbocycles. The van der Waals surface area contributed by atoms with Crippen LogP contribution in [-0.4, -0.2) is 29.6 Å². The maximum atomic E-state index is 12.6. The molecule has 138 valence electrons. The number of nitrogens with one attached hydrogen (secondary N) is 2. The second kappa shape index (κ2) is 7.92. The largest absolute Gasteiger partial charge is 0.331 e. The summed E-state index contributed by atoms with van der Waals surface area (Å²) in [5.74, 6) is 0.370. The van der Waals surface area contributed by atoms with Gasteiger partial charge < -0.3 is 10.6 Å². The Morgan fingerprint density at radius 2 is 1.81 bits per heavy atom. The summed E-state index contributed by atoms with van der Waals surface area (Å²) in [4.78, 5) is 15.0. The minimum absolute atomic E-state index is 0.123. The zero-order valence-corrected chi connectivity index (χ0v) is 16.0. The molecule has 0 bridgehead atoms. The Balaban J connectivity index is 1.58. The lowest BCUT2D eigenvalue weighted by atomic mass is 10.0. The molecule has 1 atom stereocenters. The first-order valence-electron chi connectivity index (χ1n) is 9.39. The summed E-state index contributed by atoms with van der Waals surface area (Å²) in [5.41, 5.74) is 3.16. The van der Waals surface area contributed by atoms with E-state index < -0.39 is 0 Å². The molecular formula is C22H29N3O. The molecule has 1 aliphatic heterocycles. The van der Waals surface area contributed by atoms with E-state index in [1.54, 1.807) is 0 Å². The van der Waals surface area contributed by atoms with Crippen molar-refractivity contribution < 1.29 is 4.79 Å². The van der Waals surface area contributed by atoms with Gasteiger partial charge in [-0.1, -0.05) is 62.4 Å². The van der Waals surface area contributed by atoms with E-state index in [2.05, 4.69) is 66.6 Å². The Hall–Kier alpha value is -2.33. The van der Waals surface area contributed by atoms with Crippen LogP contribution in [0.25, 0.3) is 0 Å². The van der Waals surface area contributed by atoms with Crippen molar-refractivity contribution in [2.45, 2.75) is 45.2 Å². The fraction of sp³-hybridized carbons (Fsp3) is 0.409. The zero-order chi connectivity index (χ0) is 18.6. The number of nitrogens with zero attached hydrogens (tertiary/aromatic N) is 1. The monoisotopic (exact) mass is 351 g/mol. The number of amides is 2. The molecular weight excluding hydrogens is 322 g/mol. The number of carbonyl (C=O) groups excluding carboxylic acids is 1. The van der Waals surface area contributed by atoms with E-state index in [4.69, 9.17) is 0 Å². The Bertz CT molecular complexity index is 744. The fourth-order valence-electron chi connectivity index (χ4n) is 3.68. The van der Waals surface area contributed by atoms with Gasteiger partial charge in [0.1, 0.15) is 0 Å². The quantitative estimate of drug-likeness (QED) is 0.827. The number of rotatable bonds is 5. The molecule has 4 heteroatoms. The van der Waals surface area contributed by atoms with Gasteiger partial charge >= 0.3 is 6.03 Å². The molecule has 0 spiro atoms. The van der Waals surface area contributed by atoms with Gasteiger partial charge in [0.05, 0.1) is 5.54 Å². The van der Waals surface area contributed by atoms with E-state index in [0.29, 0.717) is 5.92 Å². The molecule has 1 unspecified atom stereocenters. The third-order valence-corrected chi connectivity index (χ3v) is 5.05. The van der Waals surface area contributed by atoms with Crippen LogP contribution >= 0.6 is 0 Å². The first kappa shape index (κ1) is 18.5. The van der Waals surface area contributed by atoms with Gasteiger partial charge in [-0.25, -0.2) is 4.79 Å². The van der Waals surface area contributed by atoms with Gasteiger partial charge in [0.25, 0.3) is 0 Å². The number of hydrogen-bond donors (Lipinski definition) is 2. The van der Waals surface area contributed by atoms with Crippen LogP contribution in [0.4, 0.5) is 10.5 Å². The Morgan fingerprint density at radius 3 is 2.54 bits per heavy atom. The molecule has 0 saturated carbocycles. The lowest BCUT2D eigenvalue weighted by molar-refractivity contribution is 0.236. The van der Waals surface area contributed by atoms with E-state index in [9.17, 15) is 4.79 Å². The van der Waals surface area contributed by atoms with Crippen molar-refractivity contribution in [1.82, 2.24) is 10.2 Å². The van der Waals surface area contributed by atoms with Gasteiger partial charge in [0.15, 0.2) is 0 Å². The summed E-state index contributed by atoms with van der Waals surface area (Å²) in [5, 5.41) is 6.23. The number of carbonyl (C=O) groups is 1. The normalized spacial score (nSPS) is 20.3. The molecule has 0 radical (unpaired) electrons. The number of urea groups is 1. The summed E-state index contributed by atoms with van der Waals surface area (Å²) in [6.07, 6.45) is 0.957. The third-order valence-electron chi connectivity index (χ3n) is 5.05. The summed E-state index contributed by atoms with van der Waals surface area (Å²) in [7, 11) is 0. The van der Waals surface area contributed by atoms with Crippen LogP contribution in [0.5, 0.6) is 0 Å². The summed E-state index contributed by atoms with van der Waals surface area (Å²) in [6.45, 7) is 9.19. The third kappa shape index (κ3) is 4.64. The molecule has 0 aromatic heterocycles. The Morgan fingerprint density at radius 1 is 1.12 bits per heavy atom. The highest BCUT2D eigenvalue weighted by Crippen LogP contribution is 2.25.